The summed E-state index contributed by atoms with van der Waals surface area (Å²) in [6.45, 7) is 14.4. The van der Waals surface area contributed by atoms with E-state index in [0.717, 1.165) is 19.4 Å². The van der Waals surface area contributed by atoms with Crippen molar-refractivity contribution in [3.05, 3.63) is 107 Å². The van der Waals surface area contributed by atoms with E-state index in [1.54, 1.807) is 0 Å². The molecule has 5 aromatic carbocycles. The number of hydrogen-bond donors (Lipinski definition) is 0. The topological polar surface area (TPSA) is 14.2 Å². The van der Waals surface area contributed by atoms with Gasteiger partial charge < -0.3 is 9.30 Å². The van der Waals surface area contributed by atoms with Crippen molar-refractivity contribution in [2.24, 2.45) is 7.05 Å². The summed E-state index contributed by atoms with van der Waals surface area (Å²) in [5.41, 5.74) is 10.7. The van der Waals surface area contributed by atoms with Crippen LogP contribution in [0.4, 0.5) is 0 Å². The molecule has 240 valence electrons. The molecule has 0 unspecified atom stereocenters. The predicted octanol–water partition coefficient (Wildman–Crippen LogP) is 12.5. The normalized spacial score (nSPS) is 12.1. The summed E-state index contributed by atoms with van der Waals surface area (Å²) >= 11 is -0.826. The third-order valence-corrected chi connectivity index (χ3v) is 9.41. The van der Waals surface area contributed by atoms with Gasteiger partial charge in [0.1, 0.15) is 0 Å². The van der Waals surface area contributed by atoms with E-state index in [-0.39, 0.29) is 11.0 Å². The van der Waals surface area contributed by atoms with E-state index in [2.05, 4.69) is 138 Å². The van der Waals surface area contributed by atoms with Gasteiger partial charge in [-0.15, -0.1) is 34.0 Å². The van der Waals surface area contributed by atoms with Crippen molar-refractivity contribution >= 4 is 49.6 Å². The number of halogens is 2. The SMILES string of the molecule is Cc1cc2c(-c3ccc4c(c3)c3ccccc3n4C)cccc2[c-]1C(C)(C)[c-]1ccc(CCCCCCOC(C)(C)C)c1.[Cl][Zr+2][Cl]. The molecule has 2 nitrogen and oxygen atoms in total. The van der Waals surface area contributed by atoms with Gasteiger partial charge in [0.15, 0.2) is 0 Å². The van der Waals surface area contributed by atoms with E-state index < -0.39 is 20.8 Å². The van der Waals surface area contributed by atoms with Gasteiger partial charge in [-0.2, -0.15) is 29.3 Å². The molecule has 1 heterocycles. The Bertz CT molecular complexity index is 1920. The van der Waals surface area contributed by atoms with Crippen LogP contribution in [0.15, 0.2) is 84.9 Å². The number of rotatable bonds is 10. The first-order valence-corrected chi connectivity index (χ1v) is 22.8. The number of hydrogen-bond acceptors (Lipinski definition) is 1. The van der Waals surface area contributed by atoms with Crippen LogP contribution in [0.25, 0.3) is 43.7 Å². The number of aromatic nitrogens is 1. The van der Waals surface area contributed by atoms with Crippen LogP contribution in [0, 0.1) is 6.92 Å². The summed E-state index contributed by atoms with van der Waals surface area (Å²) in [6, 6.07) is 32.1. The van der Waals surface area contributed by atoms with Crippen molar-refractivity contribution < 1.29 is 25.6 Å². The zero-order chi connectivity index (χ0) is 33.1. The van der Waals surface area contributed by atoms with Gasteiger partial charge in [0, 0.05) is 35.5 Å². The van der Waals surface area contributed by atoms with Gasteiger partial charge in [0.25, 0.3) is 0 Å². The quantitative estimate of drug-likeness (QED) is 0.101. The Balaban J connectivity index is 0.00000134. The predicted molar refractivity (Wildman–Crippen MR) is 197 cm³/mol. The number of benzene rings is 3. The summed E-state index contributed by atoms with van der Waals surface area (Å²) in [5, 5.41) is 5.36. The number of ether oxygens (including phenoxy) is 1. The minimum absolute atomic E-state index is 0.0305. The van der Waals surface area contributed by atoms with Crippen LogP contribution in [-0.2, 0) is 44.5 Å². The van der Waals surface area contributed by atoms with Crippen LogP contribution in [-0.4, -0.2) is 16.8 Å². The summed E-state index contributed by atoms with van der Waals surface area (Å²) in [6.07, 6.45) is 6.04. The Morgan fingerprint density at radius 3 is 2.26 bits per heavy atom. The van der Waals surface area contributed by atoms with Crippen LogP contribution in [0.3, 0.4) is 0 Å². The van der Waals surface area contributed by atoms with Gasteiger partial charge in [-0.3, -0.25) is 0 Å². The molecule has 0 bridgehead atoms. The molecular weight excluding hydrogens is 685 g/mol. The van der Waals surface area contributed by atoms with Gasteiger partial charge in [-0.25, -0.2) is 6.07 Å². The van der Waals surface area contributed by atoms with Gasteiger partial charge in [-0.05, 0) is 51.0 Å². The zero-order valence-corrected chi connectivity index (χ0v) is 32.4. The monoisotopic (exact) mass is 729 g/mol. The third-order valence-electron chi connectivity index (χ3n) is 9.41. The maximum absolute atomic E-state index is 5.88. The van der Waals surface area contributed by atoms with E-state index in [0.29, 0.717) is 0 Å². The molecule has 5 heteroatoms. The number of unbranched alkanes of at least 4 members (excludes halogenated alkanes) is 3. The van der Waals surface area contributed by atoms with Gasteiger partial charge in [-0.1, -0.05) is 87.8 Å². The Kier molecular flexibility index (Phi) is 11.4. The molecule has 0 radical (unpaired) electrons. The van der Waals surface area contributed by atoms with Gasteiger partial charge >= 0.3 is 37.9 Å². The molecule has 0 fully saturated rings. The summed E-state index contributed by atoms with van der Waals surface area (Å²) in [4.78, 5) is 0. The second-order valence-electron chi connectivity index (χ2n) is 14.1. The fraction of sp³-hybridized carbons (Fsp3) is 0.366. The number of nitrogens with zero attached hydrogens (tertiary/aromatic N) is 1. The van der Waals surface area contributed by atoms with E-state index in [4.69, 9.17) is 21.8 Å². The van der Waals surface area contributed by atoms with Crippen molar-refractivity contribution in [1.82, 2.24) is 4.57 Å². The Labute approximate surface area is 294 Å². The minimum atomic E-state index is -0.826. The van der Waals surface area contributed by atoms with Crippen molar-refractivity contribution in [2.75, 3.05) is 6.61 Å². The molecule has 0 N–H and O–H groups in total. The fourth-order valence-electron chi connectivity index (χ4n) is 7.20. The van der Waals surface area contributed by atoms with Crippen LogP contribution >= 0.6 is 17.0 Å². The molecule has 6 aromatic rings. The van der Waals surface area contributed by atoms with Crippen molar-refractivity contribution in [3.8, 4) is 11.1 Å². The molecule has 0 atom stereocenters. The average Bonchev–Trinajstić information content (AvgIpc) is 3.71. The van der Waals surface area contributed by atoms with Gasteiger partial charge in [0.05, 0.1) is 5.60 Å². The maximum atomic E-state index is 5.88. The van der Waals surface area contributed by atoms with E-state index in [9.17, 15) is 0 Å². The molecule has 0 aliphatic heterocycles. The van der Waals surface area contributed by atoms with Crippen molar-refractivity contribution in [3.63, 3.8) is 0 Å². The summed E-state index contributed by atoms with van der Waals surface area (Å²) in [5.74, 6) is 0. The fourth-order valence-corrected chi connectivity index (χ4v) is 7.20. The van der Waals surface area contributed by atoms with E-state index in [1.807, 2.05) is 0 Å². The Morgan fingerprint density at radius 1 is 0.783 bits per heavy atom. The standard InChI is InChI=1S/C41H47NO.2ClH.Zr/c1-28-25-35-32(30-21-23-38-36(27-30)33-16-11-12-19-37(33)42(38)7)17-14-18-34(35)39(28)41(5,6)31-22-20-29(26-31)15-10-8-9-13-24-43-40(2,3)4;;;/h11-12,14,16-23,25-27H,8-10,13,15,24H2,1-7H3;2*1H;/q-2;;;+4/p-2. The zero-order valence-electron chi connectivity index (χ0n) is 28.4. The summed E-state index contributed by atoms with van der Waals surface area (Å²) < 4.78 is 8.18. The first-order chi connectivity index (χ1) is 22.0. The third kappa shape index (κ3) is 7.60. The number of fused-ring (bicyclic) bond motifs is 4. The van der Waals surface area contributed by atoms with Crippen molar-refractivity contribution in [2.45, 2.75) is 84.7 Å². The van der Waals surface area contributed by atoms with E-state index >= 15 is 0 Å². The Hall–Kier alpha value is -2.16. The van der Waals surface area contributed by atoms with Crippen LogP contribution < -0.4 is 0 Å². The van der Waals surface area contributed by atoms with E-state index in [1.165, 1.54) is 85.2 Å². The first-order valence-electron chi connectivity index (χ1n) is 16.5. The molecule has 0 spiro atoms. The molecule has 0 saturated heterocycles. The number of aryl methyl sites for hydroxylation is 3. The van der Waals surface area contributed by atoms with Crippen LogP contribution in [0.1, 0.15) is 82.6 Å². The first kappa shape index (κ1) is 35.2. The molecule has 0 saturated carbocycles. The average molecular weight is 732 g/mol. The van der Waals surface area contributed by atoms with Crippen LogP contribution in [0.5, 0.6) is 0 Å². The van der Waals surface area contributed by atoms with Gasteiger partial charge in [0.2, 0.25) is 0 Å². The number of para-hydroxylation sites is 1. The molecule has 0 aliphatic carbocycles. The molecule has 0 aliphatic rings. The molecular formula is C41H47Cl2NOZr. The van der Waals surface area contributed by atoms with Crippen molar-refractivity contribution in [1.29, 1.82) is 0 Å². The second-order valence-corrected chi connectivity index (χ2v) is 17.8. The van der Waals surface area contributed by atoms with Crippen LogP contribution in [0.2, 0.25) is 0 Å². The molecule has 1 aromatic heterocycles. The molecule has 0 amide bonds. The second kappa shape index (κ2) is 14.9. The Morgan fingerprint density at radius 2 is 1.50 bits per heavy atom. The summed E-state index contributed by atoms with van der Waals surface area (Å²) in [7, 11) is 12.0. The molecule has 46 heavy (non-hydrogen) atoms. The molecule has 6 rings (SSSR count).